The molecule has 0 saturated carbocycles. The van der Waals surface area contributed by atoms with Gasteiger partial charge in [0.05, 0.1) is 23.2 Å². The normalized spacial score (nSPS) is 23.7. The van der Waals surface area contributed by atoms with Gasteiger partial charge in [-0.05, 0) is 36.7 Å². The monoisotopic (exact) mass is 542 g/mol. The van der Waals surface area contributed by atoms with Crippen LogP contribution in [0, 0.1) is 0 Å². The fourth-order valence-corrected chi connectivity index (χ4v) is 6.06. The molecule has 1 fully saturated rings. The largest absolute Gasteiger partial charge is 0.394 e. The molecular formula is C20H20Cl2N6O4S2. The zero-order valence-corrected chi connectivity index (χ0v) is 20.8. The molecule has 0 amide bonds. The number of thioether (sulfide) groups is 1. The first kappa shape index (κ1) is 23.9. The molecular weight excluding hydrogens is 523 g/mol. The summed E-state index contributed by atoms with van der Waals surface area (Å²) in [5, 5.41) is 33.8. The Labute approximate surface area is 211 Å². The molecule has 4 heterocycles. The van der Waals surface area contributed by atoms with Gasteiger partial charge in [0, 0.05) is 16.8 Å². The minimum absolute atomic E-state index is 0.00796. The first-order valence-electron chi connectivity index (χ1n) is 10.3. The molecule has 10 nitrogen and oxygen atoms in total. The molecule has 1 aliphatic heterocycles. The highest BCUT2D eigenvalue weighted by atomic mass is 35.5. The number of rotatable bonds is 7. The maximum Gasteiger partial charge on any atom is 0.226 e. The maximum absolute atomic E-state index is 10.4. The Morgan fingerprint density at radius 3 is 2.82 bits per heavy atom. The fourth-order valence-electron chi connectivity index (χ4n) is 3.70. The lowest BCUT2D eigenvalue weighted by Crippen LogP contribution is -2.33. The van der Waals surface area contributed by atoms with Gasteiger partial charge in [0.1, 0.15) is 18.3 Å². The third kappa shape index (κ3) is 4.56. The molecule has 1 saturated heterocycles. The van der Waals surface area contributed by atoms with Crippen molar-refractivity contribution in [3.63, 3.8) is 0 Å². The Balaban J connectivity index is 1.33. The number of thiazole rings is 1. The Hall–Kier alpha value is -1.77. The van der Waals surface area contributed by atoms with E-state index in [1.54, 1.807) is 23.1 Å². The molecule has 180 valence electrons. The molecule has 5 rings (SSSR count). The number of benzene rings is 1. The minimum atomic E-state index is -1.27. The molecule has 1 aromatic carbocycles. The lowest BCUT2D eigenvalue weighted by Gasteiger charge is -2.17. The van der Waals surface area contributed by atoms with Gasteiger partial charge >= 0.3 is 0 Å². The maximum atomic E-state index is 10.4. The van der Waals surface area contributed by atoms with E-state index in [-0.39, 0.29) is 11.3 Å². The van der Waals surface area contributed by atoms with Crippen LogP contribution < -0.4 is 5.32 Å². The van der Waals surface area contributed by atoms with Crippen LogP contribution in [0.1, 0.15) is 13.2 Å². The third-order valence-corrected chi connectivity index (χ3v) is 8.20. The van der Waals surface area contributed by atoms with Crippen LogP contribution >= 0.6 is 46.3 Å². The van der Waals surface area contributed by atoms with Crippen LogP contribution in [0.3, 0.4) is 0 Å². The average Bonchev–Trinajstić information content (AvgIpc) is 3.48. The van der Waals surface area contributed by atoms with Crippen molar-refractivity contribution in [3.8, 4) is 0 Å². The first-order chi connectivity index (χ1) is 16.3. The predicted octanol–water partition coefficient (Wildman–Crippen LogP) is 2.95. The van der Waals surface area contributed by atoms with E-state index in [1.807, 2.05) is 25.1 Å². The number of anilines is 1. The van der Waals surface area contributed by atoms with Crippen LogP contribution in [0.4, 0.5) is 5.82 Å². The van der Waals surface area contributed by atoms with Crippen LogP contribution in [0.2, 0.25) is 10.3 Å². The third-order valence-electron chi connectivity index (χ3n) is 5.36. The quantitative estimate of drug-likeness (QED) is 0.203. The number of hydrogen-bond acceptors (Lipinski definition) is 11. The van der Waals surface area contributed by atoms with Crippen molar-refractivity contribution in [1.29, 1.82) is 0 Å². The van der Waals surface area contributed by atoms with Crippen molar-refractivity contribution in [2.24, 2.45) is 0 Å². The molecule has 5 atom stereocenters. The van der Waals surface area contributed by atoms with Gasteiger partial charge in [0.2, 0.25) is 5.28 Å². The van der Waals surface area contributed by atoms with Crippen molar-refractivity contribution in [3.05, 3.63) is 34.8 Å². The zero-order valence-electron chi connectivity index (χ0n) is 17.7. The summed E-state index contributed by atoms with van der Waals surface area (Å²) < 4.78 is 9.09. The first-order valence-corrected chi connectivity index (χ1v) is 12.9. The smallest absolute Gasteiger partial charge is 0.226 e. The summed E-state index contributed by atoms with van der Waals surface area (Å²) in [7, 11) is 0. The Kier molecular flexibility index (Phi) is 6.84. The number of fused-ring (bicyclic) bond motifs is 2. The molecule has 14 heteroatoms. The van der Waals surface area contributed by atoms with Gasteiger partial charge in [0.25, 0.3) is 0 Å². The van der Waals surface area contributed by atoms with Crippen LogP contribution in [-0.2, 0) is 4.74 Å². The topological polar surface area (TPSA) is 138 Å². The molecule has 0 radical (unpaired) electrons. The van der Waals surface area contributed by atoms with Crippen LogP contribution in [0.5, 0.6) is 0 Å². The van der Waals surface area contributed by atoms with Crippen LogP contribution in [-0.4, -0.2) is 76.5 Å². The van der Waals surface area contributed by atoms with Crippen molar-refractivity contribution >= 4 is 73.5 Å². The lowest BCUT2D eigenvalue weighted by molar-refractivity contribution is -0.0511. The summed E-state index contributed by atoms with van der Waals surface area (Å²) in [5.41, 5.74) is 1.65. The molecule has 0 unspecified atom stereocenters. The second-order valence-corrected chi connectivity index (χ2v) is 10.9. The van der Waals surface area contributed by atoms with Gasteiger partial charge in [0.15, 0.2) is 27.5 Å². The van der Waals surface area contributed by atoms with E-state index >= 15 is 0 Å². The van der Waals surface area contributed by atoms with Gasteiger partial charge in [-0.3, -0.25) is 4.57 Å². The second kappa shape index (κ2) is 9.70. The summed E-state index contributed by atoms with van der Waals surface area (Å²) >= 11 is 15.4. The number of aliphatic hydroxyl groups is 3. The molecule has 34 heavy (non-hydrogen) atoms. The Morgan fingerprint density at radius 2 is 2.06 bits per heavy atom. The number of hydrogen-bond donors (Lipinski definition) is 4. The number of imidazole rings is 1. The summed E-state index contributed by atoms with van der Waals surface area (Å²) in [6, 6.07) is 5.64. The zero-order chi connectivity index (χ0) is 24.0. The number of aromatic nitrogens is 5. The highest BCUT2D eigenvalue weighted by Crippen LogP contribution is 2.34. The SMILES string of the molecule is C[C@H](CSc1nc2cc(Cl)ccc2s1)Nc1nc(Cl)nc2c1ncn2[C@@H]1O[C@H](CO)[C@@H](O)[C@H]1O. The number of nitrogens with one attached hydrogen (secondary N) is 1. The molecule has 0 aliphatic carbocycles. The summed E-state index contributed by atoms with van der Waals surface area (Å²) in [4.78, 5) is 17.5. The van der Waals surface area contributed by atoms with Crippen LogP contribution in [0.15, 0.2) is 28.9 Å². The van der Waals surface area contributed by atoms with Gasteiger partial charge < -0.3 is 25.4 Å². The van der Waals surface area contributed by atoms with Crippen molar-refractivity contribution in [2.75, 3.05) is 17.7 Å². The van der Waals surface area contributed by atoms with Gasteiger partial charge in [-0.25, -0.2) is 9.97 Å². The molecule has 4 N–H and O–H groups in total. The van der Waals surface area contributed by atoms with E-state index in [4.69, 9.17) is 27.9 Å². The Bertz CT molecular complexity index is 1340. The number of aliphatic hydroxyl groups excluding tert-OH is 3. The molecule has 4 aromatic rings. The summed E-state index contributed by atoms with van der Waals surface area (Å²) in [5.74, 6) is 1.14. The summed E-state index contributed by atoms with van der Waals surface area (Å²) in [6.07, 6.45) is -2.96. The predicted molar refractivity (Wildman–Crippen MR) is 132 cm³/mol. The van der Waals surface area contributed by atoms with E-state index in [9.17, 15) is 15.3 Å². The molecule has 1 aliphatic rings. The van der Waals surface area contributed by atoms with Crippen molar-refractivity contribution in [1.82, 2.24) is 24.5 Å². The number of nitrogens with zero attached hydrogens (tertiary/aromatic N) is 5. The molecule has 0 bridgehead atoms. The van der Waals surface area contributed by atoms with E-state index in [2.05, 4.69) is 25.3 Å². The highest BCUT2D eigenvalue weighted by molar-refractivity contribution is 8.01. The fraction of sp³-hybridized carbons (Fsp3) is 0.400. The van der Waals surface area contributed by atoms with Crippen molar-refractivity contribution in [2.45, 2.75) is 41.8 Å². The highest BCUT2D eigenvalue weighted by Gasteiger charge is 2.44. The summed E-state index contributed by atoms with van der Waals surface area (Å²) in [6.45, 7) is 1.57. The number of halogens is 2. The van der Waals surface area contributed by atoms with E-state index in [0.717, 1.165) is 14.6 Å². The lowest BCUT2D eigenvalue weighted by atomic mass is 10.1. The van der Waals surface area contributed by atoms with Crippen molar-refractivity contribution < 1.29 is 20.1 Å². The van der Waals surface area contributed by atoms with Gasteiger partial charge in [-0.1, -0.05) is 23.4 Å². The molecule has 3 aromatic heterocycles. The van der Waals surface area contributed by atoms with Crippen LogP contribution in [0.25, 0.3) is 21.4 Å². The number of ether oxygens (including phenoxy) is 1. The van der Waals surface area contributed by atoms with E-state index in [0.29, 0.717) is 27.8 Å². The Morgan fingerprint density at radius 1 is 1.24 bits per heavy atom. The van der Waals surface area contributed by atoms with E-state index in [1.165, 1.54) is 10.9 Å². The standard InChI is InChI=1S/C20H20Cl2N6O4S2/c1-8(6-33-20-25-10-4-9(21)2-3-12(10)34-20)24-16-13-17(27-19(22)26-16)28(7-23-13)18-15(31)14(30)11(5-29)32-18/h2-4,7-8,11,14-15,18,29-31H,5-6H2,1H3,(H,24,26,27)/t8-,11-,14-,15-,18-/m1/s1. The van der Waals surface area contributed by atoms with E-state index < -0.39 is 31.1 Å². The molecule has 0 spiro atoms. The van der Waals surface area contributed by atoms with Gasteiger partial charge in [-0.2, -0.15) is 9.97 Å². The second-order valence-electron chi connectivity index (χ2n) is 7.84. The van der Waals surface area contributed by atoms with Gasteiger partial charge in [-0.15, -0.1) is 11.3 Å². The minimum Gasteiger partial charge on any atom is -0.394 e. The average molecular weight is 543 g/mol.